The molecule has 0 saturated heterocycles. The first-order valence-corrected chi connectivity index (χ1v) is 8.29. The molecular formula is C19H15FN6O. The molecule has 1 atom stereocenters. The van der Waals surface area contributed by atoms with Gasteiger partial charge in [-0.25, -0.2) is 9.37 Å². The average molecular weight is 362 g/mol. The maximum absolute atomic E-state index is 13.2. The summed E-state index contributed by atoms with van der Waals surface area (Å²) in [6.45, 7) is 1.88. The molecule has 1 N–H and O–H groups in total. The summed E-state index contributed by atoms with van der Waals surface area (Å²) in [4.78, 5) is 25.3. The second-order valence-electron chi connectivity index (χ2n) is 5.98. The first-order valence-electron chi connectivity index (χ1n) is 8.29. The first-order chi connectivity index (χ1) is 13.1. The van der Waals surface area contributed by atoms with Crippen LogP contribution in [0.5, 0.6) is 0 Å². The maximum atomic E-state index is 13.2. The second kappa shape index (κ2) is 6.91. The van der Waals surface area contributed by atoms with Crippen LogP contribution in [-0.2, 0) is 0 Å². The molecule has 7 nitrogen and oxygen atoms in total. The summed E-state index contributed by atoms with van der Waals surface area (Å²) in [7, 11) is 0. The van der Waals surface area contributed by atoms with E-state index in [1.165, 1.54) is 23.0 Å². The van der Waals surface area contributed by atoms with Gasteiger partial charge in [0.25, 0.3) is 11.7 Å². The van der Waals surface area contributed by atoms with E-state index in [0.717, 1.165) is 5.56 Å². The fourth-order valence-electron chi connectivity index (χ4n) is 2.75. The van der Waals surface area contributed by atoms with Crippen molar-refractivity contribution in [1.82, 2.24) is 29.9 Å². The minimum absolute atomic E-state index is 0.221. The highest BCUT2D eigenvalue weighted by Crippen LogP contribution is 2.20. The van der Waals surface area contributed by atoms with Crippen LogP contribution in [0.3, 0.4) is 0 Å². The van der Waals surface area contributed by atoms with Crippen LogP contribution in [0.4, 0.5) is 4.39 Å². The Kier molecular flexibility index (Phi) is 4.29. The number of amides is 1. The number of fused-ring (bicyclic) bond motifs is 1. The molecule has 0 aliphatic heterocycles. The highest BCUT2D eigenvalue weighted by atomic mass is 19.1. The zero-order chi connectivity index (χ0) is 18.8. The Hall–Kier alpha value is -3.68. The molecule has 0 aliphatic rings. The van der Waals surface area contributed by atoms with Gasteiger partial charge in [0.15, 0.2) is 0 Å². The second-order valence-corrected chi connectivity index (χ2v) is 5.98. The third-order valence-electron chi connectivity index (χ3n) is 4.18. The largest absolute Gasteiger partial charge is 0.344 e. The van der Waals surface area contributed by atoms with Crippen LogP contribution < -0.4 is 5.32 Å². The van der Waals surface area contributed by atoms with Gasteiger partial charge in [-0.1, -0.05) is 0 Å². The summed E-state index contributed by atoms with van der Waals surface area (Å²) in [6.07, 6.45) is 4.68. The number of benzene rings is 1. The fourth-order valence-corrected chi connectivity index (χ4v) is 2.75. The lowest BCUT2D eigenvalue weighted by Crippen LogP contribution is -2.28. The van der Waals surface area contributed by atoms with Gasteiger partial charge < -0.3 is 5.32 Å². The van der Waals surface area contributed by atoms with Crippen molar-refractivity contribution in [2.75, 3.05) is 0 Å². The number of nitrogens with one attached hydrogen (secondary N) is 1. The molecule has 1 amide bonds. The molecular weight excluding hydrogens is 347 g/mol. The number of carbonyl (C=O) groups is 1. The van der Waals surface area contributed by atoms with Crippen molar-refractivity contribution in [3.05, 3.63) is 78.3 Å². The molecule has 0 radical (unpaired) electrons. The fraction of sp³-hybridized carbons (Fsp3) is 0.105. The van der Waals surface area contributed by atoms with Gasteiger partial charge in [-0.15, -0.1) is 0 Å². The van der Waals surface area contributed by atoms with Crippen molar-refractivity contribution in [1.29, 1.82) is 0 Å². The Bertz CT molecular complexity index is 1090. The monoisotopic (exact) mass is 362 g/mol. The van der Waals surface area contributed by atoms with Crippen molar-refractivity contribution in [3.8, 4) is 11.3 Å². The van der Waals surface area contributed by atoms with E-state index >= 15 is 0 Å². The predicted molar refractivity (Wildman–Crippen MR) is 96.3 cm³/mol. The number of hydrogen-bond donors (Lipinski definition) is 1. The number of halogens is 1. The standard InChI is InChI=1S/C19H15FN6O/c1-12(13-6-8-21-9-7-13)24-18(27)17-10-16(14-2-4-15(20)5-3-14)25-19-22-11-23-26(17)19/h2-12H,1H3,(H,24,27). The molecule has 0 fully saturated rings. The predicted octanol–water partition coefficient (Wildman–Crippen LogP) is 2.82. The van der Waals surface area contributed by atoms with Crippen LogP contribution in [0.2, 0.25) is 0 Å². The van der Waals surface area contributed by atoms with Gasteiger partial charge in [0, 0.05) is 18.0 Å². The molecule has 3 heterocycles. The van der Waals surface area contributed by atoms with Gasteiger partial charge in [0.2, 0.25) is 0 Å². The Morgan fingerprint density at radius 3 is 2.63 bits per heavy atom. The Morgan fingerprint density at radius 1 is 1.15 bits per heavy atom. The van der Waals surface area contributed by atoms with E-state index in [-0.39, 0.29) is 23.5 Å². The van der Waals surface area contributed by atoms with Gasteiger partial charge in [0.05, 0.1) is 11.7 Å². The third-order valence-corrected chi connectivity index (χ3v) is 4.18. The van der Waals surface area contributed by atoms with Crippen molar-refractivity contribution in [2.24, 2.45) is 0 Å². The summed E-state index contributed by atoms with van der Waals surface area (Å²) in [5.41, 5.74) is 2.41. The minimum Gasteiger partial charge on any atom is -0.344 e. The smallest absolute Gasteiger partial charge is 0.270 e. The van der Waals surface area contributed by atoms with Gasteiger partial charge in [-0.2, -0.15) is 14.6 Å². The quantitative estimate of drug-likeness (QED) is 0.603. The Labute approximate surface area is 153 Å². The number of hydrogen-bond acceptors (Lipinski definition) is 5. The van der Waals surface area contributed by atoms with Crippen molar-refractivity contribution < 1.29 is 9.18 Å². The number of nitrogens with zero attached hydrogens (tertiary/aromatic N) is 5. The lowest BCUT2D eigenvalue weighted by Gasteiger charge is -2.15. The normalized spacial score (nSPS) is 12.1. The van der Waals surface area contributed by atoms with E-state index in [1.807, 2.05) is 19.1 Å². The number of carbonyl (C=O) groups excluding carboxylic acids is 1. The number of pyridine rings is 1. The molecule has 134 valence electrons. The van der Waals surface area contributed by atoms with E-state index in [1.54, 1.807) is 30.6 Å². The van der Waals surface area contributed by atoms with Gasteiger partial charge in [0.1, 0.15) is 17.8 Å². The molecule has 1 aromatic carbocycles. The Balaban J connectivity index is 1.71. The van der Waals surface area contributed by atoms with Crippen molar-refractivity contribution in [3.63, 3.8) is 0 Å². The zero-order valence-electron chi connectivity index (χ0n) is 14.4. The molecule has 3 aromatic heterocycles. The molecule has 0 aliphatic carbocycles. The molecule has 8 heteroatoms. The van der Waals surface area contributed by atoms with Crippen LogP contribution in [0.1, 0.15) is 29.0 Å². The molecule has 1 unspecified atom stereocenters. The molecule has 0 spiro atoms. The zero-order valence-corrected chi connectivity index (χ0v) is 14.4. The summed E-state index contributed by atoms with van der Waals surface area (Å²) >= 11 is 0. The van der Waals surface area contributed by atoms with Crippen LogP contribution in [0.25, 0.3) is 17.0 Å². The van der Waals surface area contributed by atoms with Gasteiger partial charge in [-0.3, -0.25) is 9.78 Å². The molecule has 4 aromatic rings. The molecule has 0 saturated carbocycles. The Morgan fingerprint density at radius 2 is 1.89 bits per heavy atom. The van der Waals surface area contributed by atoms with Crippen LogP contribution in [0.15, 0.2) is 61.2 Å². The summed E-state index contributed by atoms with van der Waals surface area (Å²) in [5, 5.41) is 7.02. The molecule has 0 bridgehead atoms. The SMILES string of the molecule is CC(NC(=O)c1cc(-c2ccc(F)cc2)nc2ncnn12)c1ccncc1. The van der Waals surface area contributed by atoms with Crippen LogP contribution in [-0.4, -0.2) is 30.5 Å². The molecule has 27 heavy (non-hydrogen) atoms. The van der Waals surface area contributed by atoms with Crippen LogP contribution in [0, 0.1) is 5.82 Å². The number of aromatic nitrogens is 5. The average Bonchev–Trinajstić information content (AvgIpc) is 3.17. The van der Waals surface area contributed by atoms with E-state index in [9.17, 15) is 9.18 Å². The maximum Gasteiger partial charge on any atom is 0.270 e. The van der Waals surface area contributed by atoms with E-state index in [2.05, 4.69) is 25.4 Å². The van der Waals surface area contributed by atoms with E-state index in [4.69, 9.17) is 0 Å². The summed E-state index contributed by atoms with van der Waals surface area (Å²) in [5.74, 6) is -0.370. The van der Waals surface area contributed by atoms with Crippen LogP contribution >= 0.6 is 0 Å². The van der Waals surface area contributed by atoms with Gasteiger partial charge >= 0.3 is 0 Å². The first kappa shape index (κ1) is 16.8. The van der Waals surface area contributed by atoms with E-state index < -0.39 is 0 Å². The lowest BCUT2D eigenvalue weighted by atomic mass is 10.1. The summed E-state index contributed by atoms with van der Waals surface area (Å²) < 4.78 is 14.6. The van der Waals surface area contributed by atoms with E-state index in [0.29, 0.717) is 17.0 Å². The minimum atomic E-state index is -0.341. The molecule has 4 rings (SSSR count). The van der Waals surface area contributed by atoms with Gasteiger partial charge in [-0.05, 0) is 55.0 Å². The van der Waals surface area contributed by atoms with Crippen molar-refractivity contribution >= 4 is 11.7 Å². The summed E-state index contributed by atoms with van der Waals surface area (Å²) in [6, 6.07) is 11.0. The topological polar surface area (TPSA) is 85.1 Å². The highest BCUT2D eigenvalue weighted by molar-refractivity contribution is 5.94. The third kappa shape index (κ3) is 3.37. The lowest BCUT2D eigenvalue weighted by molar-refractivity contribution is 0.0932. The number of rotatable bonds is 4. The highest BCUT2D eigenvalue weighted by Gasteiger charge is 2.18. The van der Waals surface area contributed by atoms with Crippen molar-refractivity contribution in [2.45, 2.75) is 13.0 Å².